The van der Waals surface area contributed by atoms with Gasteiger partial charge < -0.3 is 10.1 Å². The second kappa shape index (κ2) is 5.66. The Labute approximate surface area is 101 Å². The summed E-state index contributed by atoms with van der Waals surface area (Å²) in [6.45, 7) is 6.90. The smallest absolute Gasteiger partial charge is 0.0966 e. The van der Waals surface area contributed by atoms with E-state index >= 15 is 0 Å². The van der Waals surface area contributed by atoms with Crippen molar-refractivity contribution in [1.82, 2.24) is 10.3 Å². The van der Waals surface area contributed by atoms with Gasteiger partial charge in [-0.3, -0.25) is 0 Å². The molecule has 0 aromatic carbocycles. The molecule has 1 aliphatic heterocycles. The molecule has 0 aliphatic carbocycles. The Balaban J connectivity index is 1.88. The minimum absolute atomic E-state index is 0.321. The Kier molecular flexibility index (Phi) is 4.21. The predicted molar refractivity (Wildman–Crippen MR) is 67.0 cm³/mol. The highest BCUT2D eigenvalue weighted by atomic mass is 32.2. The Morgan fingerprint density at radius 2 is 2.38 bits per heavy atom. The SMILES string of the molecule is Cc1cc(C)nc(SCC2CNCCO2)c1. The Hall–Kier alpha value is -0.580. The normalized spacial score (nSPS) is 21.0. The highest BCUT2D eigenvalue weighted by Gasteiger charge is 2.13. The summed E-state index contributed by atoms with van der Waals surface area (Å²) in [7, 11) is 0. The number of rotatable bonds is 3. The molecule has 0 spiro atoms. The van der Waals surface area contributed by atoms with Gasteiger partial charge in [-0.05, 0) is 31.5 Å². The second-order valence-corrected chi connectivity index (χ2v) is 5.17. The molecule has 1 aromatic heterocycles. The van der Waals surface area contributed by atoms with Crippen molar-refractivity contribution in [2.24, 2.45) is 0 Å². The maximum absolute atomic E-state index is 5.65. The first-order valence-electron chi connectivity index (χ1n) is 5.64. The standard InChI is InChI=1S/C12H18N2OS/c1-9-5-10(2)14-12(6-9)16-8-11-7-13-3-4-15-11/h5-6,11,13H,3-4,7-8H2,1-2H3. The van der Waals surface area contributed by atoms with E-state index in [1.165, 1.54) is 5.56 Å². The number of hydrogen-bond acceptors (Lipinski definition) is 4. The Bertz CT molecular complexity index is 331. The number of nitrogens with one attached hydrogen (secondary N) is 1. The molecule has 1 aromatic rings. The minimum Gasteiger partial charge on any atom is -0.375 e. The first kappa shape index (κ1) is 11.9. The summed E-state index contributed by atoms with van der Waals surface area (Å²) in [6, 6.07) is 4.23. The van der Waals surface area contributed by atoms with Crippen LogP contribution < -0.4 is 5.32 Å². The monoisotopic (exact) mass is 238 g/mol. The average Bonchev–Trinajstić information content (AvgIpc) is 2.27. The molecular formula is C12H18N2OS. The van der Waals surface area contributed by atoms with E-state index in [-0.39, 0.29) is 0 Å². The highest BCUT2D eigenvalue weighted by Crippen LogP contribution is 2.19. The molecule has 1 N–H and O–H groups in total. The van der Waals surface area contributed by atoms with E-state index in [0.717, 1.165) is 36.2 Å². The fraction of sp³-hybridized carbons (Fsp3) is 0.583. The van der Waals surface area contributed by atoms with Gasteiger partial charge in [-0.15, -0.1) is 11.8 Å². The second-order valence-electron chi connectivity index (χ2n) is 4.13. The third-order valence-electron chi connectivity index (χ3n) is 2.50. The number of morpholine rings is 1. The molecule has 88 valence electrons. The van der Waals surface area contributed by atoms with Crippen LogP contribution >= 0.6 is 11.8 Å². The van der Waals surface area contributed by atoms with E-state index in [0.29, 0.717) is 6.10 Å². The maximum Gasteiger partial charge on any atom is 0.0966 e. The summed E-state index contributed by atoms with van der Waals surface area (Å²) in [5.74, 6) is 0.975. The van der Waals surface area contributed by atoms with E-state index in [2.05, 4.69) is 29.4 Å². The molecule has 16 heavy (non-hydrogen) atoms. The molecule has 2 rings (SSSR count). The summed E-state index contributed by atoms with van der Waals surface area (Å²) in [5, 5.41) is 4.44. The molecule has 2 heterocycles. The van der Waals surface area contributed by atoms with Crippen LogP contribution in [-0.2, 0) is 4.74 Å². The molecule has 0 radical (unpaired) electrons. The molecular weight excluding hydrogens is 220 g/mol. The lowest BCUT2D eigenvalue weighted by Gasteiger charge is -2.23. The van der Waals surface area contributed by atoms with Crippen molar-refractivity contribution in [1.29, 1.82) is 0 Å². The molecule has 3 nitrogen and oxygen atoms in total. The summed E-state index contributed by atoms with van der Waals surface area (Å²) in [6.07, 6.45) is 0.321. The van der Waals surface area contributed by atoms with Gasteiger partial charge in [-0.2, -0.15) is 0 Å². The van der Waals surface area contributed by atoms with Gasteiger partial charge in [0.05, 0.1) is 17.7 Å². The first-order chi connectivity index (χ1) is 7.74. The van der Waals surface area contributed by atoms with Gasteiger partial charge in [-0.1, -0.05) is 0 Å². The quantitative estimate of drug-likeness (QED) is 0.814. The molecule has 4 heteroatoms. The number of pyridine rings is 1. The van der Waals surface area contributed by atoms with E-state index in [1.807, 2.05) is 6.92 Å². The van der Waals surface area contributed by atoms with Gasteiger partial charge >= 0.3 is 0 Å². The number of aryl methyl sites for hydroxylation is 2. The third-order valence-corrected chi connectivity index (χ3v) is 3.54. The van der Waals surface area contributed by atoms with Crippen molar-refractivity contribution in [3.8, 4) is 0 Å². The number of thioether (sulfide) groups is 1. The Morgan fingerprint density at radius 1 is 1.50 bits per heavy atom. The van der Waals surface area contributed by atoms with E-state index in [1.54, 1.807) is 11.8 Å². The van der Waals surface area contributed by atoms with Crippen LogP contribution in [0.1, 0.15) is 11.3 Å². The van der Waals surface area contributed by atoms with Crippen molar-refractivity contribution in [2.45, 2.75) is 25.0 Å². The lowest BCUT2D eigenvalue weighted by molar-refractivity contribution is 0.0440. The third kappa shape index (κ3) is 3.47. The van der Waals surface area contributed by atoms with Crippen LogP contribution in [-0.4, -0.2) is 36.5 Å². The predicted octanol–water partition coefficient (Wildman–Crippen LogP) is 1.78. The van der Waals surface area contributed by atoms with Gasteiger partial charge in [0.2, 0.25) is 0 Å². The van der Waals surface area contributed by atoms with Crippen LogP contribution in [0.5, 0.6) is 0 Å². The fourth-order valence-corrected chi connectivity index (χ4v) is 2.83. The highest BCUT2D eigenvalue weighted by molar-refractivity contribution is 7.99. The number of ether oxygens (including phenoxy) is 1. The molecule has 0 bridgehead atoms. The van der Waals surface area contributed by atoms with Gasteiger partial charge in [0.15, 0.2) is 0 Å². The van der Waals surface area contributed by atoms with Gasteiger partial charge in [0.1, 0.15) is 0 Å². The van der Waals surface area contributed by atoms with Crippen LogP contribution in [0.15, 0.2) is 17.2 Å². The summed E-state index contributed by atoms with van der Waals surface area (Å²) in [5.41, 5.74) is 2.36. The van der Waals surface area contributed by atoms with Crippen molar-refractivity contribution >= 4 is 11.8 Å². The molecule has 1 aliphatic rings. The number of aromatic nitrogens is 1. The van der Waals surface area contributed by atoms with E-state index < -0.39 is 0 Å². The maximum atomic E-state index is 5.65. The summed E-state index contributed by atoms with van der Waals surface area (Å²) < 4.78 is 5.65. The zero-order valence-corrected chi connectivity index (χ0v) is 10.6. The lowest BCUT2D eigenvalue weighted by Crippen LogP contribution is -2.39. The van der Waals surface area contributed by atoms with Crippen molar-refractivity contribution in [3.05, 3.63) is 23.4 Å². The molecule has 0 amide bonds. The number of nitrogens with zero attached hydrogens (tertiary/aromatic N) is 1. The summed E-state index contributed by atoms with van der Waals surface area (Å²) in [4.78, 5) is 4.51. The zero-order valence-electron chi connectivity index (χ0n) is 9.82. The van der Waals surface area contributed by atoms with E-state index in [9.17, 15) is 0 Å². The number of hydrogen-bond donors (Lipinski definition) is 1. The van der Waals surface area contributed by atoms with Gasteiger partial charge in [0, 0.05) is 24.5 Å². The Morgan fingerprint density at radius 3 is 3.06 bits per heavy atom. The van der Waals surface area contributed by atoms with Crippen molar-refractivity contribution in [2.75, 3.05) is 25.4 Å². The van der Waals surface area contributed by atoms with E-state index in [4.69, 9.17) is 4.74 Å². The largest absolute Gasteiger partial charge is 0.375 e. The minimum atomic E-state index is 0.321. The van der Waals surface area contributed by atoms with Crippen molar-refractivity contribution in [3.63, 3.8) is 0 Å². The van der Waals surface area contributed by atoms with Crippen molar-refractivity contribution < 1.29 is 4.74 Å². The average molecular weight is 238 g/mol. The molecule has 1 atom stereocenters. The first-order valence-corrected chi connectivity index (χ1v) is 6.63. The van der Waals surface area contributed by atoms with Crippen LogP contribution in [0, 0.1) is 13.8 Å². The molecule has 1 saturated heterocycles. The fourth-order valence-electron chi connectivity index (χ4n) is 1.78. The van der Waals surface area contributed by atoms with Crippen LogP contribution in [0.25, 0.3) is 0 Å². The summed E-state index contributed by atoms with van der Waals surface area (Å²) >= 11 is 1.78. The molecule has 1 unspecified atom stereocenters. The van der Waals surface area contributed by atoms with Crippen LogP contribution in [0.3, 0.4) is 0 Å². The lowest BCUT2D eigenvalue weighted by atomic mass is 10.3. The van der Waals surface area contributed by atoms with Gasteiger partial charge in [0.25, 0.3) is 0 Å². The van der Waals surface area contributed by atoms with Crippen LogP contribution in [0.4, 0.5) is 0 Å². The van der Waals surface area contributed by atoms with Crippen LogP contribution in [0.2, 0.25) is 0 Å². The zero-order chi connectivity index (χ0) is 11.4. The molecule has 0 saturated carbocycles. The van der Waals surface area contributed by atoms with Gasteiger partial charge in [-0.25, -0.2) is 4.98 Å². The molecule has 1 fully saturated rings. The topological polar surface area (TPSA) is 34.2 Å².